The summed E-state index contributed by atoms with van der Waals surface area (Å²) in [5, 5.41) is 2.96. The number of piperidine rings is 2. The highest BCUT2D eigenvalue weighted by Crippen LogP contribution is 2.25. The van der Waals surface area contributed by atoms with Gasteiger partial charge in [-0.2, -0.15) is 0 Å². The SMILES string of the molecule is NC(=O)CC(N)C(=O)N1CCC2NC(=O)CCC2C1. The van der Waals surface area contributed by atoms with Crippen molar-refractivity contribution < 1.29 is 14.4 Å². The van der Waals surface area contributed by atoms with E-state index in [-0.39, 0.29) is 30.2 Å². The highest BCUT2D eigenvalue weighted by atomic mass is 16.2. The van der Waals surface area contributed by atoms with Crippen LogP contribution in [0.4, 0.5) is 0 Å². The van der Waals surface area contributed by atoms with Gasteiger partial charge in [0.1, 0.15) is 0 Å². The zero-order valence-corrected chi connectivity index (χ0v) is 10.8. The lowest BCUT2D eigenvalue weighted by Gasteiger charge is -2.42. The van der Waals surface area contributed by atoms with Crippen LogP contribution < -0.4 is 16.8 Å². The monoisotopic (exact) mass is 268 g/mol. The Bertz CT molecular complexity index is 398. The third kappa shape index (κ3) is 3.23. The third-order valence-electron chi connectivity index (χ3n) is 3.87. The van der Waals surface area contributed by atoms with Gasteiger partial charge in [0.15, 0.2) is 0 Å². The summed E-state index contributed by atoms with van der Waals surface area (Å²) < 4.78 is 0. The van der Waals surface area contributed by atoms with E-state index in [4.69, 9.17) is 11.5 Å². The van der Waals surface area contributed by atoms with Gasteiger partial charge < -0.3 is 21.7 Å². The molecule has 2 rings (SSSR count). The van der Waals surface area contributed by atoms with Crippen LogP contribution in [0.15, 0.2) is 0 Å². The van der Waals surface area contributed by atoms with Crippen LogP contribution in [0, 0.1) is 5.92 Å². The Balaban J connectivity index is 1.91. The molecule has 0 spiro atoms. The number of nitrogens with one attached hydrogen (secondary N) is 1. The average molecular weight is 268 g/mol. The molecule has 106 valence electrons. The average Bonchev–Trinajstić information content (AvgIpc) is 2.36. The summed E-state index contributed by atoms with van der Waals surface area (Å²) in [6, 6.07) is -0.690. The van der Waals surface area contributed by atoms with Crippen molar-refractivity contribution in [3.8, 4) is 0 Å². The molecular weight excluding hydrogens is 248 g/mol. The molecule has 0 saturated carbocycles. The van der Waals surface area contributed by atoms with Gasteiger partial charge in [-0.15, -0.1) is 0 Å². The molecule has 2 heterocycles. The smallest absolute Gasteiger partial charge is 0.240 e. The van der Waals surface area contributed by atoms with E-state index in [0.29, 0.717) is 19.5 Å². The van der Waals surface area contributed by atoms with Gasteiger partial charge >= 0.3 is 0 Å². The summed E-state index contributed by atoms with van der Waals surface area (Å²) >= 11 is 0. The molecule has 0 aromatic carbocycles. The van der Waals surface area contributed by atoms with E-state index in [1.54, 1.807) is 4.90 Å². The van der Waals surface area contributed by atoms with E-state index >= 15 is 0 Å². The molecular formula is C12H20N4O3. The highest BCUT2D eigenvalue weighted by Gasteiger charge is 2.36. The minimum atomic E-state index is -0.854. The van der Waals surface area contributed by atoms with Crippen molar-refractivity contribution in [3.05, 3.63) is 0 Å². The first-order valence-corrected chi connectivity index (χ1v) is 6.59. The summed E-state index contributed by atoms with van der Waals surface area (Å²) in [6.07, 6.45) is 1.92. The Morgan fingerprint density at radius 2 is 2.16 bits per heavy atom. The predicted molar refractivity (Wildman–Crippen MR) is 67.6 cm³/mol. The first kappa shape index (κ1) is 13.8. The Kier molecular flexibility index (Phi) is 4.04. The second kappa shape index (κ2) is 5.56. The van der Waals surface area contributed by atoms with Crippen LogP contribution in [0.5, 0.6) is 0 Å². The lowest BCUT2D eigenvalue weighted by molar-refractivity contribution is -0.137. The number of rotatable bonds is 3. The number of amides is 3. The minimum Gasteiger partial charge on any atom is -0.370 e. The van der Waals surface area contributed by atoms with E-state index in [9.17, 15) is 14.4 Å². The van der Waals surface area contributed by atoms with Gasteiger partial charge in [0.2, 0.25) is 17.7 Å². The first-order valence-electron chi connectivity index (χ1n) is 6.59. The molecule has 2 saturated heterocycles. The Morgan fingerprint density at radius 1 is 1.42 bits per heavy atom. The summed E-state index contributed by atoms with van der Waals surface area (Å²) in [7, 11) is 0. The van der Waals surface area contributed by atoms with Gasteiger partial charge in [-0.1, -0.05) is 0 Å². The fourth-order valence-corrected chi connectivity index (χ4v) is 2.85. The largest absolute Gasteiger partial charge is 0.370 e. The van der Waals surface area contributed by atoms with Crippen LogP contribution in [-0.2, 0) is 14.4 Å². The molecule has 7 heteroatoms. The molecule has 19 heavy (non-hydrogen) atoms. The maximum Gasteiger partial charge on any atom is 0.240 e. The predicted octanol–water partition coefficient (Wildman–Crippen LogP) is -1.68. The first-order chi connectivity index (χ1) is 8.97. The molecule has 5 N–H and O–H groups in total. The minimum absolute atomic E-state index is 0.0893. The number of fused-ring (bicyclic) bond motifs is 1. The molecule has 2 aliphatic heterocycles. The van der Waals surface area contributed by atoms with Crippen LogP contribution in [0.3, 0.4) is 0 Å². The molecule has 7 nitrogen and oxygen atoms in total. The highest BCUT2D eigenvalue weighted by molar-refractivity contribution is 5.87. The van der Waals surface area contributed by atoms with E-state index in [2.05, 4.69) is 5.32 Å². The quantitative estimate of drug-likeness (QED) is 0.566. The van der Waals surface area contributed by atoms with Crippen molar-refractivity contribution in [2.24, 2.45) is 17.4 Å². The second-order valence-corrected chi connectivity index (χ2v) is 5.32. The van der Waals surface area contributed by atoms with E-state index < -0.39 is 11.9 Å². The summed E-state index contributed by atoms with van der Waals surface area (Å²) in [5.74, 6) is -0.419. The van der Waals surface area contributed by atoms with Crippen LogP contribution in [-0.4, -0.2) is 47.8 Å². The fourth-order valence-electron chi connectivity index (χ4n) is 2.85. The molecule has 3 unspecified atom stereocenters. The van der Waals surface area contributed by atoms with Crippen LogP contribution in [0.1, 0.15) is 25.7 Å². The summed E-state index contributed by atoms with van der Waals surface area (Å²) in [4.78, 5) is 35.8. The number of likely N-dealkylation sites (tertiary alicyclic amines) is 1. The van der Waals surface area contributed by atoms with Crippen molar-refractivity contribution in [1.29, 1.82) is 0 Å². The van der Waals surface area contributed by atoms with Gasteiger partial charge in [0.25, 0.3) is 0 Å². The zero-order chi connectivity index (χ0) is 14.0. The lowest BCUT2D eigenvalue weighted by Crippen LogP contribution is -2.57. The maximum absolute atomic E-state index is 12.1. The fraction of sp³-hybridized carbons (Fsp3) is 0.750. The van der Waals surface area contributed by atoms with E-state index in [0.717, 1.165) is 12.8 Å². The van der Waals surface area contributed by atoms with Crippen LogP contribution in [0.2, 0.25) is 0 Å². The molecule has 3 amide bonds. The number of nitrogens with two attached hydrogens (primary N) is 2. The number of hydrogen-bond donors (Lipinski definition) is 3. The van der Waals surface area contributed by atoms with Gasteiger partial charge in [0, 0.05) is 25.6 Å². The zero-order valence-electron chi connectivity index (χ0n) is 10.8. The van der Waals surface area contributed by atoms with E-state index in [1.165, 1.54) is 0 Å². The van der Waals surface area contributed by atoms with Gasteiger partial charge in [-0.05, 0) is 18.8 Å². The molecule has 0 radical (unpaired) electrons. The van der Waals surface area contributed by atoms with Crippen molar-refractivity contribution in [1.82, 2.24) is 10.2 Å². The van der Waals surface area contributed by atoms with Crippen LogP contribution in [0.25, 0.3) is 0 Å². The van der Waals surface area contributed by atoms with Gasteiger partial charge in [-0.3, -0.25) is 14.4 Å². The normalized spacial score (nSPS) is 28.3. The maximum atomic E-state index is 12.1. The molecule has 0 aliphatic carbocycles. The Labute approximate surface area is 111 Å². The Morgan fingerprint density at radius 3 is 2.84 bits per heavy atom. The van der Waals surface area contributed by atoms with Crippen molar-refractivity contribution in [3.63, 3.8) is 0 Å². The van der Waals surface area contributed by atoms with Gasteiger partial charge in [-0.25, -0.2) is 0 Å². The molecule has 0 bridgehead atoms. The van der Waals surface area contributed by atoms with Crippen molar-refractivity contribution in [2.75, 3.05) is 13.1 Å². The van der Waals surface area contributed by atoms with Crippen molar-refractivity contribution in [2.45, 2.75) is 37.8 Å². The lowest BCUT2D eigenvalue weighted by atomic mass is 9.85. The summed E-state index contributed by atoms with van der Waals surface area (Å²) in [5.41, 5.74) is 10.7. The van der Waals surface area contributed by atoms with Gasteiger partial charge in [0.05, 0.1) is 12.5 Å². The second-order valence-electron chi connectivity index (χ2n) is 5.32. The standard InChI is InChI=1S/C12H20N4O3/c13-8(5-10(14)17)12(19)16-4-3-9-7(6-16)1-2-11(18)15-9/h7-9H,1-6,13H2,(H2,14,17)(H,15,18). The number of primary amides is 1. The van der Waals surface area contributed by atoms with Crippen molar-refractivity contribution >= 4 is 17.7 Å². The number of carbonyl (C=O) groups excluding carboxylic acids is 3. The number of carbonyl (C=O) groups is 3. The number of nitrogens with zero attached hydrogens (tertiary/aromatic N) is 1. The topological polar surface area (TPSA) is 119 Å². The molecule has 3 atom stereocenters. The Hall–Kier alpha value is -1.63. The van der Waals surface area contributed by atoms with Crippen LogP contribution >= 0.6 is 0 Å². The number of hydrogen-bond acceptors (Lipinski definition) is 4. The third-order valence-corrected chi connectivity index (χ3v) is 3.87. The molecule has 2 aliphatic rings. The van der Waals surface area contributed by atoms with E-state index in [1.807, 2.05) is 0 Å². The molecule has 0 aromatic rings. The molecule has 2 fully saturated rings. The summed E-state index contributed by atoms with van der Waals surface area (Å²) in [6.45, 7) is 1.16. The molecule has 0 aromatic heterocycles.